The molecule has 1 aromatic carbocycles. The summed E-state index contributed by atoms with van der Waals surface area (Å²) < 4.78 is 0. The van der Waals surface area contributed by atoms with E-state index in [1.165, 1.54) is 0 Å². The van der Waals surface area contributed by atoms with Gasteiger partial charge in [0.1, 0.15) is 0 Å². The number of thioether (sulfide) groups is 1. The van der Waals surface area contributed by atoms with Gasteiger partial charge in [-0.05, 0) is 31.2 Å². The Bertz CT molecular complexity index is 756. The highest BCUT2D eigenvalue weighted by Crippen LogP contribution is 2.19. The van der Waals surface area contributed by atoms with Crippen molar-refractivity contribution in [2.45, 2.75) is 17.2 Å². The number of carbonyl (C=O) groups is 1. The van der Waals surface area contributed by atoms with E-state index >= 15 is 0 Å². The van der Waals surface area contributed by atoms with Crippen molar-refractivity contribution >= 4 is 35.0 Å². The first kappa shape index (κ1) is 15.3. The highest BCUT2D eigenvalue weighted by atomic mass is 35.5. The van der Waals surface area contributed by atoms with Gasteiger partial charge >= 0.3 is 5.69 Å². The van der Waals surface area contributed by atoms with E-state index in [0.717, 1.165) is 11.8 Å². The van der Waals surface area contributed by atoms with E-state index < -0.39 is 16.5 Å². The number of nitrogens with zero attached hydrogens (tertiary/aromatic N) is 1. The number of hydrogen-bond donors (Lipinski definition) is 3. The number of carbonyl (C=O) groups excluding carboxylic acids is 1. The maximum absolute atomic E-state index is 12.0. The summed E-state index contributed by atoms with van der Waals surface area (Å²) in [6, 6.07) is 6.65. The van der Waals surface area contributed by atoms with Crippen molar-refractivity contribution in [3.8, 4) is 0 Å². The number of rotatable bonds is 4. The maximum Gasteiger partial charge on any atom is 0.342 e. The molecule has 0 spiro atoms. The minimum atomic E-state index is -0.692. The topological polar surface area (TPSA) is 108 Å². The number of halogens is 1. The first-order valence-electron chi connectivity index (χ1n) is 5.88. The van der Waals surface area contributed by atoms with Crippen molar-refractivity contribution in [1.29, 1.82) is 0 Å². The zero-order valence-corrected chi connectivity index (χ0v) is 12.4. The minimum Gasteiger partial charge on any atom is -0.325 e. The van der Waals surface area contributed by atoms with Crippen LogP contribution < -0.4 is 16.6 Å². The number of benzene rings is 1. The van der Waals surface area contributed by atoms with Crippen molar-refractivity contribution in [3.63, 3.8) is 0 Å². The van der Waals surface area contributed by atoms with Crippen LogP contribution in [0, 0.1) is 0 Å². The number of H-pyrrole nitrogens is 2. The van der Waals surface area contributed by atoms with Crippen molar-refractivity contribution in [2.75, 3.05) is 5.32 Å². The summed E-state index contributed by atoms with van der Waals surface area (Å²) >= 11 is 6.70. The van der Waals surface area contributed by atoms with Crippen molar-refractivity contribution in [1.82, 2.24) is 15.2 Å². The molecule has 21 heavy (non-hydrogen) atoms. The number of hydrogen-bond acceptors (Lipinski definition) is 5. The van der Waals surface area contributed by atoms with E-state index in [9.17, 15) is 14.4 Å². The average molecular weight is 327 g/mol. The molecule has 0 aliphatic rings. The van der Waals surface area contributed by atoms with Gasteiger partial charge in [-0.3, -0.25) is 14.6 Å². The van der Waals surface area contributed by atoms with Gasteiger partial charge in [0.05, 0.1) is 5.25 Å². The van der Waals surface area contributed by atoms with Crippen LogP contribution in [0.3, 0.4) is 0 Å². The van der Waals surface area contributed by atoms with Gasteiger partial charge in [-0.2, -0.15) is 5.10 Å². The van der Waals surface area contributed by atoms with Crippen molar-refractivity contribution < 1.29 is 4.79 Å². The van der Waals surface area contributed by atoms with Crippen LogP contribution in [0.1, 0.15) is 6.92 Å². The van der Waals surface area contributed by atoms with Crippen LogP contribution in [-0.4, -0.2) is 26.3 Å². The lowest BCUT2D eigenvalue weighted by Gasteiger charge is -2.10. The standard InChI is InChI=1S/C12H11ClN4O3S/c1-6(21-11-10(19)15-12(20)17-16-11)9(18)14-8-4-2-7(13)3-5-8/h2-6H,1H3,(H,14,18)(H2,15,17,19,20). The van der Waals surface area contributed by atoms with Crippen LogP contribution in [-0.2, 0) is 4.79 Å². The second-order valence-electron chi connectivity index (χ2n) is 4.07. The van der Waals surface area contributed by atoms with Gasteiger partial charge in [0.15, 0.2) is 5.03 Å². The summed E-state index contributed by atoms with van der Waals surface area (Å²) in [5.41, 5.74) is -0.724. The van der Waals surface area contributed by atoms with Crippen LogP contribution >= 0.6 is 23.4 Å². The van der Waals surface area contributed by atoms with E-state index in [-0.39, 0.29) is 10.9 Å². The summed E-state index contributed by atoms with van der Waals surface area (Å²) in [7, 11) is 0. The molecular formula is C12H11ClN4O3S. The highest BCUT2D eigenvalue weighted by Gasteiger charge is 2.17. The Morgan fingerprint density at radius 2 is 2.00 bits per heavy atom. The van der Waals surface area contributed by atoms with Crippen molar-refractivity contribution in [3.05, 3.63) is 50.1 Å². The van der Waals surface area contributed by atoms with Gasteiger partial charge in [-0.25, -0.2) is 9.89 Å². The van der Waals surface area contributed by atoms with E-state index in [1.807, 2.05) is 4.98 Å². The normalized spacial score (nSPS) is 11.9. The van der Waals surface area contributed by atoms with Crippen LogP contribution in [0.4, 0.5) is 5.69 Å². The molecule has 0 saturated heterocycles. The molecule has 0 aliphatic heterocycles. The molecule has 1 atom stereocenters. The van der Waals surface area contributed by atoms with Gasteiger partial charge in [0.2, 0.25) is 5.91 Å². The van der Waals surface area contributed by atoms with Gasteiger partial charge in [-0.1, -0.05) is 23.4 Å². The molecule has 9 heteroatoms. The Morgan fingerprint density at radius 1 is 1.33 bits per heavy atom. The molecule has 7 nitrogen and oxygen atoms in total. The number of anilines is 1. The number of aromatic amines is 2. The number of nitrogens with one attached hydrogen (secondary N) is 3. The lowest BCUT2D eigenvalue weighted by molar-refractivity contribution is -0.115. The Balaban J connectivity index is 2.04. The third-order valence-corrected chi connectivity index (χ3v) is 3.77. The molecule has 0 fully saturated rings. The maximum atomic E-state index is 12.0. The predicted molar refractivity (Wildman–Crippen MR) is 80.9 cm³/mol. The third kappa shape index (κ3) is 4.20. The Kier molecular flexibility index (Phi) is 4.81. The molecule has 1 unspecified atom stereocenters. The molecule has 2 aromatic rings. The first-order valence-corrected chi connectivity index (χ1v) is 7.13. The molecule has 0 radical (unpaired) electrons. The lowest BCUT2D eigenvalue weighted by atomic mass is 10.3. The molecule has 3 N–H and O–H groups in total. The number of aromatic nitrogens is 3. The monoisotopic (exact) mass is 326 g/mol. The SMILES string of the molecule is CC(Sc1n[nH]c(=O)[nH]c1=O)C(=O)Nc1ccc(Cl)cc1. The summed E-state index contributed by atoms with van der Waals surface area (Å²) in [6.07, 6.45) is 0. The predicted octanol–water partition coefficient (Wildman–Crippen LogP) is 1.23. The molecule has 1 heterocycles. The van der Waals surface area contributed by atoms with E-state index in [4.69, 9.17) is 11.6 Å². The van der Waals surface area contributed by atoms with Gasteiger partial charge in [-0.15, -0.1) is 0 Å². The first-order chi connectivity index (χ1) is 9.95. The lowest BCUT2D eigenvalue weighted by Crippen LogP contribution is -2.28. The average Bonchev–Trinajstić information content (AvgIpc) is 2.44. The zero-order valence-electron chi connectivity index (χ0n) is 10.8. The fraction of sp³-hybridized carbons (Fsp3) is 0.167. The zero-order chi connectivity index (χ0) is 15.4. The van der Waals surface area contributed by atoms with Crippen LogP contribution in [0.15, 0.2) is 38.9 Å². The van der Waals surface area contributed by atoms with E-state index in [1.54, 1.807) is 31.2 Å². The smallest absolute Gasteiger partial charge is 0.325 e. The Morgan fingerprint density at radius 3 is 2.62 bits per heavy atom. The van der Waals surface area contributed by atoms with Crippen molar-refractivity contribution in [2.24, 2.45) is 0 Å². The summed E-state index contributed by atoms with van der Waals surface area (Å²) in [4.78, 5) is 36.4. The molecule has 2 rings (SSSR count). The molecular weight excluding hydrogens is 316 g/mol. The van der Waals surface area contributed by atoms with Crippen LogP contribution in [0.25, 0.3) is 0 Å². The fourth-order valence-electron chi connectivity index (χ4n) is 1.41. The molecule has 1 aromatic heterocycles. The second-order valence-corrected chi connectivity index (χ2v) is 5.83. The quantitative estimate of drug-likeness (QED) is 0.732. The molecule has 1 amide bonds. The minimum absolute atomic E-state index is 0.0216. The summed E-state index contributed by atoms with van der Waals surface area (Å²) in [6.45, 7) is 1.63. The van der Waals surface area contributed by atoms with Gasteiger partial charge in [0, 0.05) is 10.7 Å². The summed E-state index contributed by atoms with van der Waals surface area (Å²) in [5.74, 6) is -0.297. The number of amides is 1. The largest absolute Gasteiger partial charge is 0.342 e. The van der Waals surface area contributed by atoms with E-state index in [0.29, 0.717) is 10.7 Å². The fourth-order valence-corrected chi connectivity index (χ4v) is 2.30. The Hall–Kier alpha value is -2.06. The van der Waals surface area contributed by atoms with Gasteiger partial charge in [0.25, 0.3) is 5.56 Å². The third-order valence-electron chi connectivity index (χ3n) is 2.45. The van der Waals surface area contributed by atoms with Gasteiger partial charge < -0.3 is 5.32 Å². The molecule has 0 aliphatic carbocycles. The Labute approximate surface area is 128 Å². The van der Waals surface area contributed by atoms with Crippen LogP contribution in [0.5, 0.6) is 0 Å². The van der Waals surface area contributed by atoms with E-state index in [2.05, 4.69) is 15.5 Å². The second kappa shape index (κ2) is 6.59. The highest BCUT2D eigenvalue weighted by molar-refractivity contribution is 8.00. The molecule has 110 valence electrons. The van der Waals surface area contributed by atoms with Crippen LogP contribution in [0.2, 0.25) is 5.02 Å². The molecule has 0 bridgehead atoms. The molecule has 0 saturated carbocycles. The summed E-state index contributed by atoms with van der Waals surface area (Å²) in [5, 5.41) is 8.43.